The van der Waals surface area contributed by atoms with Gasteiger partial charge in [-0.05, 0) is 31.9 Å². The molecule has 2 aromatic heterocycles. The molecule has 2 unspecified atom stereocenters. The number of amides is 1. The van der Waals surface area contributed by atoms with Crippen molar-refractivity contribution >= 4 is 40.1 Å². The fourth-order valence-electron chi connectivity index (χ4n) is 2.47. The van der Waals surface area contributed by atoms with Crippen LogP contribution in [0.3, 0.4) is 0 Å². The molecule has 25 heavy (non-hydrogen) atoms. The highest BCUT2D eigenvalue weighted by atomic mass is 32.2. The van der Waals surface area contributed by atoms with Crippen molar-refractivity contribution in [3.63, 3.8) is 0 Å². The van der Waals surface area contributed by atoms with Gasteiger partial charge in [-0.25, -0.2) is 0 Å². The molecule has 0 bridgehead atoms. The first-order valence-corrected chi connectivity index (χ1v) is 9.77. The Morgan fingerprint density at radius 2 is 2.20 bits per heavy atom. The fraction of sp³-hybridized carbons (Fsp3) is 0.438. The average Bonchev–Trinajstić information content (AvgIpc) is 3.25. The molecule has 1 saturated heterocycles. The molecule has 132 valence electrons. The van der Waals surface area contributed by atoms with Crippen LogP contribution >= 0.6 is 23.1 Å². The number of esters is 1. The lowest BCUT2D eigenvalue weighted by Gasteiger charge is -2.08. The summed E-state index contributed by atoms with van der Waals surface area (Å²) in [6.07, 6.45) is 3.47. The van der Waals surface area contributed by atoms with E-state index in [9.17, 15) is 9.59 Å². The zero-order valence-electron chi connectivity index (χ0n) is 13.7. The molecule has 0 aliphatic carbocycles. The molecular weight excluding hydrogens is 360 g/mol. The fourth-order valence-corrected chi connectivity index (χ4v) is 4.84. The highest BCUT2D eigenvalue weighted by Gasteiger charge is 2.34. The number of hydrogen-bond acceptors (Lipinski definition) is 8. The van der Waals surface area contributed by atoms with Gasteiger partial charge in [-0.2, -0.15) is 0 Å². The third-order valence-corrected chi connectivity index (χ3v) is 6.25. The van der Waals surface area contributed by atoms with E-state index in [1.54, 1.807) is 37.0 Å². The number of ether oxygens (including phenoxy) is 1. The molecule has 1 amide bonds. The SMILES string of the molecule is CCOC(=O)C1CCC(c2nnc(NC(=O)Cc3ccccn3)s2)S1. The average molecular weight is 378 g/mol. The Balaban J connectivity index is 1.54. The van der Waals surface area contributed by atoms with E-state index in [1.165, 1.54) is 11.3 Å². The van der Waals surface area contributed by atoms with Crippen LogP contribution in [0.5, 0.6) is 0 Å². The lowest BCUT2D eigenvalue weighted by molar-refractivity contribution is -0.142. The van der Waals surface area contributed by atoms with Crippen LogP contribution < -0.4 is 5.32 Å². The minimum atomic E-state index is -0.176. The number of nitrogens with one attached hydrogen (secondary N) is 1. The number of aromatic nitrogens is 3. The monoisotopic (exact) mass is 378 g/mol. The van der Waals surface area contributed by atoms with Crippen molar-refractivity contribution in [3.8, 4) is 0 Å². The van der Waals surface area contributed by atoms with E-state index in [-0.39, 0.29) is 28.8 Å². The number of hydrogen-bond donors (Lipinski definition) is 1. The van der Waals surface area contributed by atoms with Gasteiger partial charge in [0.1, 0.15) is 10.3 Å². The van der Waals surface area contributed by atoms with E-state index >= 15 is 0 Å². The number of thioether (sulfide) groups is 1. The van der Waals surface area contributed by atoms with Gasteiger partial charge in [-0.1, -0.05) is 17.4 Å². The van der Waals surface area contributed by atoms with Crippen molar-refractivity contribution in [2.75, 3.05) is 11.9 Å². The topological polar surface area (TPSA) is 94.1 Å². The Hall–Kier alpha value is -2.00. The smallest absolute Gasteiger partial charge is 0.319 e. The molecule has 3 heterocycles. The molecule has 0 spiro atoms. The summed E-state index contributed by atoms with van der Waals surface area (Å²) in [6, 6.07) is 5.45. The second-order valence-corrected chi connectivity index (χ2v) is 7.85. The third-order valence-electron chi connectivity index (χ3n) is 3.60. The van der Waals surface area contributed by atoms with Crippen LogP contribution in [0.25, 0.3) is 0 Å². The first-order valence-electron chi connectivity index (χ1n) is 8.01. The van der Waals surface area contributed by atoms with E-state index < -0.39 is 0 Å². The summed E-state index contributed by atoms with van der Waals surface area (Å²) in [7, 11) is 0. The molecule has 7 nitrogen and oxygen atoms in total. The van der Waals surface area contributed by atoms with Gasteiger partial charge in [0.2, 0.25) is 11.0 Å². The molecule has 1 aliphatic heterocycles. The van der Waals surface area contributed by atoms with Crippen molar-refractivity contribution in [3.05, 3.63) is 35.1 Å². The Morgan fingerprint density at radius 1 is 1.32 bits per heavy atom. The van der Waals surface area contributed by atoms with Crippen LogP contribution in [0.1, 0.15) is 35.7 Å². The summed E-state index contributed by atoms with van der Waals surface area (Å²) in [5.74, 6) is -0.340. The summed E-state index contributed by atoms with van der Waals surface area (Å²) in [6.45, 7) is 2.20. The first kappa shape index (κ1) is 17.8. The molecule has 2 aromatic rings. The van der Waals surface area contributed by atoms with Crippen molar-refractivity contribution in [2.24, 2.45) is 0 Å². The number of anilines is 1. The normalized spacial score (nSPS) is 19.6. The van der Waals surface area contributed by atoms with Gasteiger partial charge in [0.05, 0.1) is 18.3 Å². The van der Waals surface area contributed by atoms with Crippen molar-refractivity contribution < 1.29 is 14.3 Å². The Kier molecular flexibility index (Phi) is 5.98. The molecule has 9 heteroatoms. The van der Waals surface area contributed by atoms with Crippen molar-refractivity contribution in [2.45, 2.75) is 36.7 Å². The van der Waals surface area contributed by atoms with Gasteiger partial charge in [-0.3, -0.25) is 14.6 Å². The molecule has 0 saturated carbocycles. The van der Waals surface area contributed by atoms with E-state index in [4.69, 9.17) is 4.74 Å². The maximum absolute atomic E-state index is 12.0. The largest absolute Gasteiger partial charge is 0.465 e. The lowest BCUT2D eigenvalue weighted by atomic mass is 10.2. The van der Waals surface area contributed by atoms with E-state index in [0.717, 1.165) is 17.8 Å². The number of rotatable bonds is 6. The number of pyridine rings is 1. The number of nitrogens with zero attached hydrogens (tertiary/aromatic N) is 3. The van der Waals surface area contributed by atoms with Crippen molar-refractivity contribution in [1.29, 1.82) is 0 Å². The molecule has 1 aliphatic rings. The van der Waals surface area contributed by atoms with E-state index in [1.807, 2.05) is 6.07 Å². The summed E-state index contributed by atoms with van der Waals surface area (Å²) in [4.78, 5) is 28.0. The van der Waals surface area contributed by atoms with Gasteiger partial charge in [0.25, 0.3) is 0 Å². The second kappa shape index (κ2) is 8.39. The van der Waals surface area contributed by atoms with Gasteiger partial charge >= 0.3 is 5.97 Å². The standard InChI is InChI=1S/C16H18N4O3S2/c1-2-23-15(22)12-7-6-11(24-12)14-19-20-16(25-14)18-13(21)9-10-5-3-4-8-17-10/h3-5,8,11-12H,2,6-7,9H2,1H3,(H,18,20,21). The minimum absolute atomic E-state index is 0.119. The third kappa shape index (κ3) is 4.76. The summed E-state index contributed by atoms with van der Waals surface area (Å²) < 4.78 is 5.07. The van der Waals surface area contributed by atoms with Crippen LogP contribution in [-0.4, -0.2) is 38.9 Å². The van der Waals surface area contributed by atoms with Gasteiger partial charge in [0, 0.05) is 11.9 Å². The quantitative estimate of drug-likeness (QED) is 0.772. The van der Waals surface area contributed by atoms with Crippen LogP contribution in [0.2, 0.25) is 0 Å². The van der Waals surface area contributed by atoms with Crippen LogP contribution in [0.15, 0.2) is 24.4 Å². The molecule has 3 rings (SSSR count). The van der Waals surface area contributed by atoms with Crippen LogP contribution in [0, 0.1) is 0 Å². The summed E-state index contributed by atoms with van der Waals surface area (Å²) in [5.41, 5.74) is 0.702. The highest BCUT2D eigenvalue weighted by molar-refractivity contribution is 8.01. The van der Waals surface area contributed by atoms with E-state index in [0.29, 0.717) is 17.4 Å². The predicted molar refractivity (Wildman–Crippen MR) is 96.5 cm³/mol. The van der Waals surface area contributed by atoms with Crippen LogP contribution in [-0.2, 0) is 20.7 Å². The molecule has 0 aromatic carbocycles. The van der Waals surface area contributed by atoms with E-state index in [2.05, 4.69) is 20.5 Å². The molecule has 0 radical (unpaired) electrons. The minimum Gasteiger partial charge on any atom is -0.465 e. The number of carbonyl (C=O) groups is 2. The van der Waals surface area contributed by atoms with Gasteiger partial charge < -0.3 is 10.1 Å². The zero-order valence-corrected chi connectivity index (χ0v) is 15.3. The molecule has 1 fully saturated rings. The lowest BCUT2D eigenvalue weighted by Crippen LogP contribution is -2.17. The molecular formula is C16H18N4O3S2. The number of carbonyl (C=O) groups excluding carboxylic acids is 2. The maximum atomic E-state index is 12.0. The summed E-state index contributed by atoms with van der Waals surface area (Å²) >= 11 is 2.91. The Bertz CT molecular complexity index is 738. The maximum Gasteiger partial charge on any atom is 0.319 e. The zero-order chi connectivity index (χ0) is 17.6. The molecule has 1 N–H and O–H groups in total. The Labute approximate surface area is 153 Å². The first-order chi connectivity index (χ1) is 12.2. The Morgan fingerprint density at radius 3 is 2.96 bits per heavy atom. The van der Waals surface area contributed by atoms with Gasteiger partial charge in [0.15, 0.2) is 0 Å². The molecule has 2 atom stereocenters. The van der Waals surface area contributed by atoms with Crippen molar-refractivity contribution in [1.82, 2.24) is 15.2 Å². The van der Waals surface area contributed by atoms with Crippen LogP contribution in [0.4, 0.5) is 5.13 Å². The highest BCUT2D eigenvalue weighted by Crippen LogP contribution is 2.46. The predicted octanol–water partition coefficient (Wildman–Crippen LogP) is 2.61. The second-order valence-electron chi connectivity index (χ2n) is 5.43. The summed E-state index contributed by atoms with van der Waals surface area (Å²) in [5, 5.41) is 12.2. The van der Waals surface area contributed by atoms with Gasteiger partial charge in [-0.15, -0.1) is 22.0 Å².